The zero-order valence-corrected chi connectivity index (χ0v) is 12.4. The molecule has 0 spiro atoms. The first-order valence-electron chi connectivity index (χ1n) is 6.43. The molecular formula is C13H29ClN2. The molecule has 1 fully saturated rings. The Morgan fingerprint density at radius 2 is 1.69 bits per heavy atom. The van der Waals surface area contributed by atoms with Gasteiger partial charge in [-0.3, -0.25) is 4.90 Å². The van der Waals surface area contributed by atoms with Crippen LogP contribution in [0.5, 0.6) is 0 Å². The van der Waals surface area contributed by atoms with Gasteiger partial charge in [-0.1, -0.05) is 27.2 Å². The normalized spacial score (nSPS) is 27.6. The molecule has 0 aromatic rings. The van der Waals surface area contributed by atoms with E-state index in [9.17, 15) is 0 Å². The summed E-state index contributed by atoms with van der Waals surface area (Å²) < 4.78 is 0. The largest absolute Gasteiger partial charge is 0.314 e. The first-order chi connectivity index (χ1) is 6.96. The molecule has 1 saturated heterocycles. The van der Waals surface area contributed by atoms with Crippen LogP contribution in [0.15, 0.2) is 0 Å². The third-order valence-electron chi connectivity index (χ3n) is 4.02. The molecule has 0 amide bonds. The fraction of sp³-hybridized carbons (Fsp3) is 1.00. The van der Waals surface area contributed by atoms with Crippen molar-refractivity contribution in [3.63, 3.8) is 0 Å². The Labute approximate surface area is 108 Å². The second-order valence-electron chi connectivity index (χ2n) is 5.86. The van der Waals surface area contributed by atoms with Crippen molar-refractivity contribution in [1.29, 1.82) is 0 Å². The maximum absolute atomic E-state index is 3.48. The van der Waals surface area contributed by atoms with Gasteiger partial charge in [0.2, 0.25) is 0 Å². The van der Waals surface area contributed by atoms with E-state index in [2.05, 4.69) is 44.8 Å². The standard InChI is InChI=1S/C13H28N2.ClH/c1-6-13(4,5)7-8-15-11(2)9-14-10-12(15)3;/h11-12,14H,6-10H2,1-5H3;1H/t11-,12+;. The number of rotatable bonds is 4. The van der Waals surface area contributed by atoms with E-state index in [1.807, 2.05) is 0 Å². The van der Waals surface area contributed by atoms with Crippen LogP contribution in [0.2, 0.25) is 0 Å². The molecule has 0 bridgehead atoms. The monoisotopic (exact) mass is 248 g/mol. The van der Waals surface area contributed by atoms with Gasteiger partial charge in [-0.25, -0.2) is 0 Å². The number of hydrogen-bond donors (Lipinski definition) is 1. The molecule has 0 unspecified atom stereocenters. The topological polar surface area (TPSA) is 15.3 Å². The number of piperazine rings is 1. The number of nitrogens with zero attached hydrogens (tertiary/aromatic N) is 1. The number of halogens is 1. The summed E-state index contributed by atoms with van der Waals surface area (Å²) in [7, 11) is 0. The number of hydrogen-bond acceptors (Lipinski definition) is 2. The highest BCUT2D eigenvalue weighted by molar-refractivity contribution is 5.85. The molecule has 3 heteroatoms. The molecule has 0 aromatic carbocycles. The third kappa shape index (κ3) is 4.60. The SMILES string of the molecule is CCC(C)(C)CCN1[C@H](C)CNC[C@@H]1C.Cl. The Hall–Kier alpha value is 0.210. The Morgan fingerprint density at radius 3 is 2.12 bits per heavy atom. The van der Waals surface area contributed by atoms with Gasteiger partial charge in [0.15, 0.2) is 0 Å². The van der Waals surface area contributed by atoms with Crippen molar-refractivity contribution in [2.24, 2.45) is 5.41 Å². The quantitative estimate of drug-likeness (QED) is 0.823. The van der Waals surface area contributed by atoms with Gasteiger partial charge in [-0.2, -0.15) is 0 Å². The molecule has 2 nitrogen and oxygen atoms in total. The van der Waals surface area contributed by atoms with Crippen LogP contribution in [-0.4, -0.2) is 36.6 Å². The molecule has 0 saturated carbocycles. The summed E-state index contributed by atoms with van der Waals surface area (Å²) in [5.74, 6) is 0. The Morgan fingerprint density at radius 1 is 1.19 bits per heavy atom. The van der Waals surface area contributed by atoms with Gasteiger partial charge in [-0.15, -0.1) is 12.4 Å². The lowest BCUT2D eigenvalue weighted by atomic mass is 9.86. The minimum Gasteiger partial charge on any atom is -0.314 e. The summed E-state index contributed by atoms with van der Waals surface area (Å²) >= 11 is 0. The molecule has 0 radical (unpaired) electrons. The third-order valence-corrected chi connectivity index (χ3v) is 4.02. The van der Waals surface area contributed by atoms with E-state index in [4.69, 9.17) is 0 Å². The molecule has 1 N–H and O–H groups in total. The van der Waals surface area contributed by atoms with Crippen molar-refractivity contribution < 1.29 is 0 Å². The fourth-order valence-corrected chi connectivity index (χ4v) is 2.22. The summed E-state index contributed by atoms with van der Waals surface area (Å²) in [4.78, 5) is 2.66. The molecule has 1 aliphatic rings. The highest BCUT2D eigenvalue weighted by atomic mass is 35.5. The maximum Gasteiger partial charge on any atom is 0.0195 e. The van der Waals surface area contributed by atoms with Gasteiger partial charge in [0, 0.05) is 25.2 Å². The average Bonchev–Trinajstić information content (AvgIpc) is 2.17. The highest BCUT2D eigenvalue weighted by Gasteiger charge is 2.26. The summed E-state index contributed by atoms with van der Waals surface area (Å²) in [5.41, 5.74) is 0.504. The minimum absolute atomic E-state index is 0. The van der Waals surface area contributed by atoms with Crippen LogP contribution in [0, 0.1) is 5.41 Å². The maximum atomic E-state index is 3.48. The predicted molar refractivity (Wildman–Crippen MR) is 74.4 cm³/mol. The minimum atomic E-state index is 0. The lowest BCUT2D eigenvalue weighted by molar-refractivity contribution is 0.0981. The molecule has 0 aromatic heterocycles. The number of nitrogens with one attached hydrogen (secondary N) is 1. The van der Waals surface area contributed by atoms with Crippen LogP contribution in [0.4, 0.5) is 0 Å². The lowest BCUT2D eigenvalue weighted by Gasteiger charge is -2.41. The van der Waals surface area contributed by atoms with E-state index in [1.165, 1.54) is 19.4 Å². The van der Waals surface area contributed by atoms with E-state index in [-0.39, 0.29) is 12.4 Å². The van der Waals surface area contributed by atoms with Crippen molar-refractivity contribution in [1.82, 2.24) is 10.2 Å². The molecule has 2 atom stereocenters. The Balaban J connectivity index is 0.00000225. The Bertz CT molecular complexity index is 184. The predicted octanol–water partition coefficient (Wildman–Crippen LogP) is 2.92. The van der Waals surface area contributed by atoms with E-state index in [0.717, 1.165) is 13.1 Å². The van der Waals surface area contributed by atoms with Gasteiger partial charge in [-0.05, 0) is 32.2 Å². The van der Waals surface area contributed by atoms with Crippen LogP contribution in [-0.2, 0) is 0 Å². The molecule has 1 rings (SSSR count). The summed E-state index contributed by atoms with van der Waals surface area (Å²) in [6.45, 7) is 15.3. The van der Waals surface area contributed by atoms with Crippen molar-refractivity contribution in [2.45, 2.75) is 59.5 Å². The summed E-state index contributed by atoms with van der Waals surface area (Å²) in [6, 6.07) is 1.39. The molecule has 98 valence electrons. The van der Waals surface area contributed by atoms with Gasteiger partial charge < -0.3 is 5.32 Å². The van der Waals surface area contributed by atoms with Gasteiger partial charge in [0.05, 0.1) is 0 Å². The molecule has 0 aliphatic carbocycles. The smallest absolute Gasteiger partial charge is 0.0195 e. The molecule has 1 aliphatic heterocycles. The van der Waals surface area contributed by atoms with Gasteiger partial charge in [0.25, 0.3) is 0 Å². The molecule has 16 heavy (non-hydrogen) atoms. The lowest BCUT2D eigenvalue weighted by Crippen LogP contribution is -2.55. The zero-order chi connectivity index (χ0) is 11.5. The van der Waals surface area contributed by atoms with E-state index >= 15 is 0 Å². The van der Waals surface area contributed by atoms with Crippen LogP contribution in [0.1, 0.15) is 47.5 Å². The molecular weight excluding hydrogens is 220 g/mol. The average molecular weight is 249 g/mol. The fourth-order valence-electron chi connectivity index (χ4n) is 2.22. The van der Waals surface area contributed by atoms with Gasteiger partial charge >= 0.3 is 0 Å². The second kappa shape index (κ2) is 6.83. The summed E-state index contributed by atoms with van der Waals surface area (Å²) in [6.07, 6.45) is 2.60. The Kier molecular flexibility index (Phi) is 6.92. The van der Waals surface area contributed by atoms with E-state index in [1.54, 1.807) is 0 Å². The van der Waals surface area contributed by atoms with Crippen molar-refractivity contribution in [2.75, 3.05) is 19.6 Å². The van der Waals surface area contributed by atoms with E-state index in [0.29, 0.717) is 17.5 Å². The van der Waals surface area contributed by atoms with Crippen LogP contribution >= 0.6 is 12.4 Å². The van der Waals surface area contributed by atoms with Crippen molar-refractivity contribution >= 4 is 12.4 Å². The first-order valence-corrected chi connectivity index (χ1v) is 6.43. The van der Waals surface area contributed by atoms with Crippen molar-refractivity contribution in [3.05, 3.63) is 0 Å². The van der Waals surface area contributed by atoms with Crippen LogP contribution < -0.4 is 5.32 Å². The zero-order valence-electron chi connectivity index (χ0n) is 11.5. The second-order valence-corrected chi connectivity index (χ2v) is 5.86. The van der Waals surface area contributed by atoms with E-state index < -0.39 is 0 Å². The van der Waals surface area contributed by atoms with Crippen molar-refractivity contribution in [3.8, 4) is 0 Å². The molecule has 1 heterocycles. The van der Waals surface area contributed by atoms with Gasteiger partial charge in [0.1, 0.15) is 0 Å². The summed E-state index contributed by atoms with van der Waals surface area (Å²) in [5, 5.41) is 3.48. The highest BCUT2D eigenvalue weighted by Crippen LogP contribution is 2.25. The van der Waals surface area contributed by atoms with Crippen LogP contribution in [0.25, 0.3) is 0 Å². The van der Waals surface area contributed by atoms with Crippen LogP contribution in [0.3, 0.4) is 0 Å². The first kappa shape index (κ1) is 16.2.